The molecule has 0 saturated carbocycles. The highest BCUT2D eigenvalue weighted by Crippen LogP contribution is 2.20. The summed E-state index contributed by atoms with van der Waals surface area (Å²) in [6.45, 7) is -0.883. The van der Waals surface area contributed by atoms with Gasteiger partial charge >= 0.3 is 6.18 Å². The van der Waals surface area contributed by atoms with Crippen LogP contribution >= 0.6 is 15.9 Å². The Morgan fingerprint density at radius 3 is 2.71 bits per heavy atom. The molecule has 98 valence electrons. The van der Waals surface area contributed by atoms with E-state index in [9.17, 15) is 17.6 Å². The zero-order valence-corrected chi connectivity index (χ0v) is 10.4. The Labute approximate surface area is 104 Å². The first-order chi connectivity index (χ1) is 7.92. The summed E-state index contributed by atoms with van der Waals surface area (Å²) in [6.07, 6.45) is -3.65. The number of nitrogens with zero attached hydrogens (tertiary/aromatic N) is 2. The molecule has 0 atom stereocenters. The van der Waals surface area contributed by atoms with Crippen molar-refractivity contribution >= 4 is 15.9 Å². The van der Waals surface area contributed by atoms with Gasteiger partial charge in [-0.3, -0.25) is 4.68 Å². The van der Waals surface area contributed by atoms with Crippen LogP contribution < -0.4 is 0 Å². The number of hydrogen-bond donors (Lipinski definition) is 0. The number of alkyl halides is 4. The molecular weight excluding hydrogens is 308 g/mol. The highest BCUT2D eigenvalue weighted by Gasteiger charge is 2.26. The van der Waals surface area contributed by atoms with Crippen LogP contribution in [0.3, 0.4) is 0 Å². The molecule has 0 N–H and O–H groups in total. The molecule has 0 saturated heterocycles. The lowest BCUT2D eigenvalue weighted by atomic mass is 10.4. The Bertz CT molecular complexity index is 353. The Balaban J connectivity index is 2.36. The number of rotatable bonds is 6. The van der Waals surface area contributed by atoms with Crippen molar-refractivity contribution in [3.05, 3.63) is 16.4 Å². The van der Waals surface area contributed by atoms with Gasteiger partial charge in [0.2, 0.25) is 0 Å². The van der Waals surface area contributed by atoms with E-state index in [0.29, 0.717) is 10.2 Å². The molecule has 0 bridgehead atoms. The van der Waals surface area contributed by atoms with Gasteiger partial charge in [0.15, 0.2) is 0 Å². The summed E-state index contributed by atoms with van der Waals surface area (Å²) < 4.78 is 54.3. The first-order valence-corrected chi connectivity index (χ1v) is 5.64. The van der Waals surface area contributed by atoms with E-state index in [1.165, 1.54) is 4.68 Å². The highest BCUT2D eigenvalue weighted by atomic mass is 79.9. The molecule has 0 amide bonds. The molecule has 0 aromatic carbocycles. The number of aromatic nitrogens is 2. The third kappa shape index (κ3) is 5.49. The molecule has 0 radical (unpaired) electrons. The first kappa shape index (κ1) is 14.4. The number of ether oxygens (including phenoxy) is 1. The topological polar surface area (TPSA) is 27.1 Å². The summed E-state index contributed by atoms with van der Waals surface area (Å²) in [7, 11) is 0. The molecule has 0 aliphatic carbocycles. The van der Waals surface area contributed by atoms with Gasteiger partial charge < -0.3 is 4.74 Å². The van der Waals surface area contributed by atoms with E-state index >= 15 is 0 Å². The van der Waals surface area contributed by atoms with Crippen molar-refractivity contribution in [1.82, 2.24) is 9.78 Å². The molecule has 0 spiro atoms. The van der Waals surface area contributed by atoms with Crippen molar-refractivity contribution < 1.29 is 22.3 Å². The summed E-state index contributed by atoms with van der Waals surface area (Å²) in [5.41, 5.74) is 0.459. The lowest BCUT2D eigenvalue weighted by molar-refractivity contribution is -0.146. The van der Waals surface area contributed by atoms with Crippen LogP contribution in [0, 0.1) is 0 Å². The zero-order valence-electron chi connectivity index (χ0n) is 8.81. The summed E-state index contributed by atoms with van der Waals surface area (Å²) in [5, 5.41) is 3.96. The Morgan fingerprint density at radius 2 is 2.12 bits per heavy atom. The normalized spacial score (nSPS) is 12.1. The monoisotopic (exact) mass is 318 g/mol. The fraction of sp³-hybridized carbons (Fsp3) is 0.667. The largest absolute Gasteiger partial charge is 0.391 e. The van der Waals surface area contributed by atoms with E-state index in [0.717, 1.165) is 0 Å². The maximum atomic E-state index is 12.0. The van der Waals surface area contributed by atoms with Gasteiger partial charge in [-0.1, -0.05) is 0 Å². The lowest BCUT2D eigenvalue weighted by Crippen LogP contribution is -2.11. The van der Waals surface area contributed by atoms with Gasteiger partial charge in [0.05, 0.1) is 30.7 Å². The lowest BCUT2D eigenvalue weighted by Gasteiger charge is -2.06. The predicted octanol–water partition coefficient (Wildman–Crippen LogP) is 3.08. The Morgan fingerprint density at radius 1 is 1.41 bits per heavy atom. The van der Waals surface area contributed by atoms with Crippen LogP contribution in [0.4, 0.5) is 17.6 Å². The van der Waals surface area contributed by atoms with Gasteiger partial charge in [-0.15, -0.1) is 0 Å². The average molecular weight is 319 g/mol. The quantitative estimate of drug-likeness (QED) is 0.595. The fourth-order valence-electron chi connectivity index (χ4n) is 1.09. The van der Waals surface area contributed by atoms with Crippen LogP contribution in [0.25, 0.3) is 0 Å². The summed E-state index contributed by atoms with van der Waals surface area (Å²) in [6, 6.07) is 0. The minimum atomic E-state index is -4.22. The van der Waals surface area contributed by atoms with Crippen molar-refractivity contribution in [2.75, 3.05) is 13.3 Å². The van der Waals surface area contributed by atoms with Crippen molar-refractivity contribution in [1.29, 1.82) is 0 Å². The molecule has 1 heterocycles. The molecule has 3 nitrogen and oxygen atoms in total. The predicted molar refractivity (Wildman–Crippen MR) is 56.2 cm³/mol. The van der Waals surface area contributed by atoms with Gasteiger partial charge in [-0.2, -0.15) is 18.3 Å². The van der Waals surface area contributed by atoms with Crippen LogP contribution in [-0.2, 0) is 17.9 Å². The minimum Gasteiger partial charge on any atom is -0.375 e. The molecule has 0 unspecified atom stereocenters. The van der Waals surface area contributed by atoms with E-state index in [2.05, 4.69) is 21.0 Å². The first-order valence-electron chi connectivity index (χ1n) is 4.84. The second kappa shape index (κ2) is 6.34. The summed E-state index contributed by atoms with van der Waals surface area (Å²) in [4.78, 5) is 0. The fourth-order valence-corrected chi connectivity index (χ4v) is 1.52. The third-order valence-electron chi connectivity index (χ3n) is 1.87. The van der Waals surface area contributed by atoms with Crippen molar-refractivity contribution in [2.24, 2.45) is 0 Å². The van der Waals surface area contributed by atoms with Crippen LogP contribution in [0.15, 0.2) is 10.7 Å². The van der Waals surface area contributed by atoms with Crippen molar-refractivity contribution in [3.63, 3.8) is 0 Å². The number of aryl methyl sites for hydroxylation is 1. The summed E-state index contributed by atoms with van der Waals surface area (Å²) in [5.74, 6) is 0. The van der Waals surface area contributed by atoms with Gasteiger partial charge in [0, 0.05) is 6.20 Å². The Kier molecular flexibility index (Phi) is 5.38. The van der Waals surface area contributed by atoms with E-state index < -0.39 is 25.9 Å². The van der Waals surface area contributed by atoms with Gasteiger partial charge in [-0.25, -0.2) is 4.39 Å². The number of hydrogen-bond acceptors (Lipinski definition) is 2. The Hall–Kier alpha value is -0.630. The SMILES string of the molecule is FCCn1cc(Br)c(COCCC(F)(F)F)n1. The van der Waals surface area contributed by atoms with E-state index in [1.807, 2.05) is 0 Å². The number of halogens is 5. The molecule has 1 aromatic heterocycles. The molecule has 0 aliphatic heterocycles. The van der Waals surface area contributed by atoms with Crippen LogP contribution in [0.1, 0.15) is 12.1 Å². The van der Waals surface area contributed by atoms with Gasteiger partial charge in [0.1, 0.15) is 12.4 Å². The van der Waals surface area contributed by atoms with E-state index in [4.69, 9.17) is 4.74 Å². The molecule has 1 rings (SSSR count). The maximum absolute atomic E-state index is 12.0. The molecule has 8 heteroatoms. The highest BCUT2D eigenvalue weighted by molar-refractivity contribution is 9.10. The minimum absolute atomic E-state index is 0.0318. The van der Waals surface area contributed by atoms with Crippen LogP contribution in [0.5, 0.6) is 0 Å². The molecular formula is C9H11BrF4N2O. The van der Waals surface area contributed by atoms with E-state index in [1.54, 1.807) is 6.20 Å². The standard InChI is InChI=1S/C9H11BrF4N2O/c10-7-5-16(3-2-11)15-8(7)6-17-4-1-9(12,13)14/h5H,1-4,6H2. The van der Waals surface area contributed by atoms with Crippen LogP contribution in [0.2, 0.25) is 0 Å². The smallest absolute Gasteiger partial charge is 0.375 e. The second-order valence-electron chi connectivity index (χ2n) is 3.29. The third-order valence-corrected chi connectivity index (χ3v) is 2.53. The van der Waals surface area contributed by atoms with Crippen molar-refractivity contribution in [3.8, 4) is 0 Å². The molecule has 17 heavy (non-hydrogen) atoms. The molecule has 0 aliphatic rings. The maximum Gasteiger partial charge on any atom is 0.391 e. The zero-order chi connectivity index (χ0) is 12.9. The van der Waals surface area contributed by atoms with Gasteiger partial charge in [-0.05, 0) is 15.9 Å². The van der Waals surface area contributed by atoms with E-state index in [-0.39, 0.29) is 13.2 Å². The average Bonchev–Trinajstić information content (AvgIpc) is 2.53. The molecule has 1 aromatic rings. The second-order valence-corrected chi connectivity index (χ2v) is 4.15. The van der Waals surface area contributed by atoms with Crippen LogP contribution in [-0.4, -0.2) is 29.2 Å². The van der Waals surface area contributed by atoms with Crippen molar-refractivity contribution in [2.45, 2.75) is 25.7 Å². The van der Waals surface area contributed by atoms with Gasteiger partial charge in [0.25, 0.3) is 0 Å². The molecule has 0 fully saturated rings. The summed E-state index contributed by atoms with van der Waals surface area (Å²) >= 11 is 3.17.